The Bertz CT molecular complexity index is 1180. The van der Waals surface area contributed by atoms with Gasteiger partial charge in [-0.25, -0.2) is 0 Å². The van der Waals surface area contributed by atoms with Crippen molar-refractivity contribution in [1.82, 2.24) is 0 Å². The molecule has 3 nitrogen and oxygen atoms in total. The highest BCUT2D eigenvalue weighted by molar-refractivity contribution is 7.79. The lowest BCUT2D eigenvalue weighted by molar-refractivity contribution is 0.318. The number of hydrogen-bond acceptors (Lipinski definition) is 3. The van der Waals surface area contributed by atoms with E-state index in [4.69, 9.17) is 0 Å². The average molecular weight is 439 g/mol. The van der Waals surface area contributed by atoms with Crippen molar-refractivity contribution >= 4 is 23.5 Å². The van der Waals surface area contributed by atoms with Crippen LogP contribution in [0.2, 0.25) is 0 Å². The number of oxime groups is 1. The fourth-order valence-electron chi connectivity index (χ4n) is 4.08. The first-order valence-electron chi connectivity index (χ1n) is 10.7. The van der Waals surface area contributed by atoms with Crippen LogP contribution in [0, 0.1) is 6.92 Å². The molecule has 0 aromatic heterocycles. The quantitative estimate of drug-likeness (QED) is 0.159. The molecular weight excluding hydrogens is 413 g/mol. The van der Waals surface area contributed by atoms with Crippen molar-refractivity contribution in [3.8, 4) is 0 Å². The van der Waals surface area contributed by atoms with Gasteiger partial charge < -0.3 is 9.77 Å². The van der Waals surface area contributed by atoms with E-state index in [1.165, 1.54) is 0 Å². The van der Waals surface area contributed by atoms with Crippen LogP contribution in [0.5, 0.6) is 0 Å². The molecule has 4 aromatic carbocycles. The smallest absolute Gasteiger partial charge is 0.150 e. The number of hydrogen-bond donors (Lipinski definition) is 1. The largest absolute Gasteiger partial charge is 0.411 e. The topological polar surface area (TPSA) is 49.7 Å². The fraction of sp³-hybridized carbons (Fsp3) is 0.107. The van der Waals surface area contributed by atoms with Crippen molar-refractivity contribution in [2.75, 3.05) is 0 Å². The van der Waals surface area contributed by atoms with Gasteiger partial charge in [0.05, 0.1) is 11.4 Å². The van der Waals surface area contributed by atoms with Gasteiger partial charge in [0.1, 0.15) is 0 Å². The Balaban J connectivity index is 1.90. The van der Waals surface area contributed by atoms with Gasteiger partial charge in [0.15, 0.2) is 7.14 Å². The molecule has 0 aliphatic heterocycles. The fourth-order valence-corrected chi connectivity index (χ4v) is 7.35. The summed E-state index contributed by atoms with van der Waals surface area (Å²) in [7, 11) is -3.15. The average Bonchev–Trinajstić information content (AvgIpc) is 2.87. The van der Waals surface area contributed by atoms with E-state index >= 15 is 4.57 Å². The molecule has 4 heteroatoms. The van der Waals surface area contributed by atoms with Crippen LogP contribution in [0.3, 0.4) is 0 Å². The van der Waals surface area contributed by atoms with Gasteiger partial charge in [0, 0.05) is 17.0 Å². The molecule has 0 saturated heterocycles. The summed E-state index contributed by atoms with van der Waals surface area (Å²) in [6.07, 6.45) is 0.338. The zero-order valence-electron chi connectivity index (χ0n) is 18.0. The van der Waals surface area contributed by atoms with Gasteiger partial charge >= 0.3 is 0 Å². The number of nitrogens with zero attached hydrogens (tertiary/aromatic N) is 1. The van der Waals surface area contributed by atoms with Gasteiger partial charge in [-0.15, -0.1) is 0 Å². The van der Waals surface area contributed by atoms with Gasteiger partial charge in [0.25, 0.3) is 0 Å². The Kier molecular flexibility index (Phi) is 6.68. The predicted octanol–water partition coefficient (Wildman–Crippen LogP) is 6.32. The molecule has 0 aliphatic rings. The molecule has 160 valence electrons. The van der Waals surface area contributed by atoms with E-state index in [-0.39, 0.29) is 5.66 Å². The molecule has 0 aliphatic carbocycles. The Hall–Kier alpha value is -3.42. The lowest BCUT2D eigenvalue weighted by Gasteiger charge is -2.29. The molecule has 4 aromatic rings. The number of aryl methyl sites for hydroxylation is 1. The minimum atomic E-state index is -3.15. The van der Waals surface area contributed by atoms with E-state index < -0.39 is 7.14 Å². The summed E-state index contributed by atoms with van der Waals surface area (Å²) in [5, 5.41) is 15.2. The third-order valence-electron chi connectivity index (χ3n) is 5.80. The van der Waals surface area contributed by atoms with E-state index in [1.807, 2.05) is 122 Å². The van der Waals surface area contributed by atoms with Crippen LogP contribution in [0.4, 0.5) is 0 Å². The van der Waals surface area contributed by atoms with Crippen LogP contribution in [0.25, 0.3) is 0 Å². The molecule has 0 amide bonds. The van der Waals surface area contributed by atoms with Crippen molar-refractivity contribution in [2.24, 2.45) is 5.16 Å². The van der Waals surface area contributed by atoms with Crippen LogP contribution in [-0.4, -0.2) is 10.9 Å². The van der Waals surface area contributed by atoms with E-state index in [1.54, 1.807) is 0 Å². The summed E-state index contributed by atoms with van der Waals surface area (Å²) in [5.74, 6) is 0. The zero-order chi connectivity index (χ0) is 22.4. The molecule has 0 saturated carbocycles. The summed E-state index contributed by atoms with van der Waals surface area (Å²) in [5.41, 5.74) is 3.04. The molecule has 0 fully saturated rings. The molecule has 0 heterocycles. The van der Waals surface area contributed by atoms with Crippen molar-refractivity contribution in [3.63, 3.8) is 0 Å². The first kappa shape index (κ1) is 21.8. The summed E-state index contributed by atoms with van der Waals surface area (Å²) in [6.45, 7) is 2.02. The van der Waals surface area contributed by atoms with Gasteiger partial charge in [-0.3, -0.25) is 0 Å². The summed E-state index contributed by atoms with van der Waals surface area (Å²) >= 11 is 0. The van der Waals surface area contributed by atoms with Crippen LogP contribution < -0.4 is 10.6 Å². The third-order valence-corrected chi connectivity index (χ3v) is 9.28. The first-order valence-corrected chi connectivity index (χ1v) is 12.4. The highest BCUT2D eigenvalue weighted by Gasteiger charge is 2.38. The highest BCUT2D eigenvalue weighted by Crippen LogP contribution is 2.59. The Labute approximate surface area is 189 Å². The molecule has 32 heavy (non-hydrogen) atoms. The number of rotatable bonds is 7. The van der Waals surface area contributed by atoms with Gasteiger partial charge in [0.2, 0.25) is 0 Å². The zero-order valence-corrected chi connectivity index (χ0v) is 18.9. The Morgan fingerprint density at radius 2 is 1.22 bits per heavy atom. The molecule has 0 spiro atoms. The van der Waals surface area contributed by atoms with Crippen LogP contribution in [0.1, 0.15) is 28.8 Å². The minimum absolute atomic E-state index is 0.338. The minimum Gasteiger partial charge on any atom is -0.411 e. The maximum atomic E-state index is 15.1. The van der Waals surface area contributed by atoms with E-state index in [2.05, 4.69) is 5.16 Å². The molecule has 0 radical (unpaired) electrons. The predicted molar refractivity (Wildman–Crippen MR) is 133 cm³/mol. The standard InChI is InChI=1S/C28H26NO2P/c1-22-17-19-23(20-18-22)27(29-30)21-28(24-11-5-2-6-12-24)32(31,25-13-7-3-8-14-25)26-15-9-4-10-16-26/h2-20,28,30H,21H2,1H3. The van der Waals surface area contributed by atoms with Gasteiger partial charge in [-0.05, 0) is 18.1 Å². The van der Waals surface area contributed by atoms with E-state index in [0.717, 1.165) is 27.3 Å². The van der Waals surface area contributed by atoms with E-state index in [0.29, 0.717) is 12.1 Å². The van der Waals surface area contributed by atoms with Crippen LogP contribution in [0.15, 0.2) is 120 Å². The van der Waals surface area contributed by atoms with Crippen molar-refractivity contribution in [2.45, 2.75) is 19.0 Å². The lowest BCUT2D eigenvalue weighted by Crippen LogP contribution is -2.23. The monoisotopic (exact) mass is 439 g/mol. The first-order chi connectivity index (χ1) is 15.6. The highest BCUT2D eigenvalue weighted by atomic mass is 31.2. The third kappa shape index (κ3) is 4.44. The summed E-state index contributed by atoms with van der Waals surface area (Å²) < 4.78 is 15.1. The molecular formula is C28H26NO2P. The molecule has 1 atom stereocenters. The van der Waals surface area contributed by atoms with Crippen molar-refractivity contribution in [1.29, 1.82) is 0 Å². The lowest BCUT2D eigenvalue weighted by atomic mass is 10.0. The number of benzene rings is 4. The Morgan fingerprint density at radius 3 is 1.69 bits per heavy atom. The normalized spacial score (nSPS) is 13.0. The van der Waals surface area contributed by atoms with Gasteiger partial charge in [-0.2, -0.15) is 0 Å². The van der Waals surface area contributed by atoms with Crippen molar-refractivity contribution in [3.05, 3.63) is 132 Å². The maximum absolute atomic E-state index is 15.1. The second-order valence-electron chi connectivity index (χ2n) is 7.87. The molecule has 1 N–H and O–H groups in total. The van der Waals surface area contributed by atoms with Crippen LogP contribution >= 0.6 is 7.14 Å². The van der Waals surface area contributed by atoms with Crippen LogP contribution in [-0.2, 0) is 4.57 Å². The Morgan fingerprint density at radius 1 is 0.750 bits per heavy atom. The second-order valence-corrected chi connectivity index (χ2v) is 10.8. The maximum Gasteiger partial charge on any atom is 0.150 e. The summed E-state index contributed by atoms with van der Waals surface area (Å²) in [4.78, 5) is 0. The molecule has 0 bridgehead atoms. The SMILES string of the molecule is Cc1ccc(C(CC(c2ccccc2)P(=O)(c2ccccc2)c2ccccc2)=NO)cc1. The van der Waals surface area contributed by atoms with Gasteiger partial charge in [-0.1, -0.05) is 126 Å². The second kappa shape index (κ2) is 9.80. The molecule has 4 rings (SSSR count). The van der Waals surface area contributed by atoms with E-state index in [9.17, 15) is 5.21 Å². The van der Waals surface area contributed by atoms with Crippen molar-refractivity contribution < 1.29 is 9.77 Å². The molecule has 1 unspecified atom stereocenters. The summed E-state index contributed by atoms with van der Waals surface area (Å²) in [6, 6.07) is 37.1.